The van der Waals surface area contributed by atoms with Crippen molar-refractivity contribution >= 4 is 10.9 Å². The molecule has 0 spiro atoms. The van der Waals surface area contributed by atoms with Crippen LogP contribution < -0.4 is 0 Å². The molecule has 1 unspecified atom stereocenters. The number of nitrogens with zero attached hydrogens (tertiary/aromatic N) is 3. The fourth-order valence-corrected chi connectivity index (χ4v) is 3.26. The Kier molecular flexibility index (Phi) is 3.65. The van der Waals surface area contributed by atoms with E-state index in [2.05, 4.69) is 39.2 Å². The first-order valence-corrected chi connectivity index (χ1v) is 7.87. The Bertz CT molecular complexity index is 823. The highest BCUT2D eigenvalue weighted by Gasteiger charge is 2.21. The predicted molar refractivity (Wildman–Crippen MR) is 86.7 cm³/mol. The summed E-state index contributed by atoms with van der Waals surface area (Å²) in [5, 5.41) is 24.4. The van der Waals surface area contributed by atoms with Crippen LogP contribution in [0.2, 0.25) is 0 Å². The molecule has 1 atom stereocenters. The Morgan fingerprint density at radius 1 is 1.26 bits per heavy atom. The van der Waals surface area contributed by atoms with Crippen LogP contribution in [0.15, 0.2) is 36.5 Å². The lowest BCUT2D eigenvalue weighted by molar-refractivity contribution is 0.0915. The van der Waals surface area contributed by atoms with E-state index >= 15 is 0 Å². The summed E-state index contributed by atoms with van der Waals surface area (Å²) in [6.07, 6.45) is 1.08. The molecule has 0 saturated heterocycles. The molecule has 23 heavy (non-hydrogen) atoms. The molecule has 0 radical (unpaired) electrons. The second-order valence-corrected chi connectivity index (χ2v) is 6.05. The summed E-state index contributed by atoms with van der Waals surface area (Å²) in [5.74, 6) is 0. The van der Waals surface area contributed by atoms with Crippen molar-refractivity contribution in [2.75, 3.05) is 13.2 Å². The van der Waals surface area contributed by atoms with Crippen molar-refractivity contribution in [3.8, 4) is 0 Å². The fraction of sp³-hybridized carbons (Fsp3) is 0.353. The summed E-state index contributed by atoms with van der Waals surface area (Å²) in [6, 6.07) is 10.3. The third-order valence-electron chi connectivity index (χ3n) is 4.48. The molecule has 2 aromatic heterocycles. The number of aromatic nitrogens is 3. The lowest BCUT2D eigenvalue weighted by atomic mass is 10.1. The Labute approximate surface area is 134 Å². The number of aliphatic hydroxyl groups is 2. The van der Waals surface area contributed by atoms with E-state index in [4.69, 9.17) is 5.11 Å². The number of aliphatic hydroxyl groups excluding tert-OH is 2. The van der Waals surface area contributed by atoms with Gasteiger partial charge >= 0.3 is 0 Å². The quantitative estimate of drug-likeness (QED) is 0.681. The van der Waals surface area contributed by atoms with E-state index in [1.807, 2.05) is 16.9 Å². The predicted octanol–water partition coefficient (Wildman–Crippen LogP) is 1.41. The summed E-state index contributed by atoms with van der Waals surface area (Å²) in [4.78, 5) is 5.70. The first-order chi connectivity index (χ1) is 11.2. The first-order valence-electron chi connectivity index (χ1n) is 7.87. The van der Waals surface area contributed by atoms with Crippen molar-refractivity contribution < 1.29 is 10.2 Å². The summed E-state index contributed by atoms with van der Waals surface area (Å²) >= 11 is 0. The van der Waals surface area contributed by atoms with Crippen LogP contribution in [0.5, 0.6) is 0 Å². The highest BCUT2D eigenvalue weighted by atomic mass is 16.3. The molecule has 6 heteroatoms. The topological polar surface area (TPSA) is 77.3 Å². The molecule has 3 N–H and O–H groups in total. The Hall–Kier alpha value is -2.15. The second-order valence-electron chi connectivity index (χ2n) is 6.05. The van der Waals surface area contributed by atoms with Crippen molar-refractivity contribution in [3.05, 3.63) is 53.5 Å². The summed E-state index contributed by atoms with van der Waals surface area (Å²) in [7, 11) is 0. The molecule has 6 nitrogen and oxygen atoms in total. The van der Waals surface area contributed by atoms with Crippen LogP contribution in [0.4, 0.5) is 0 Å². The lowest BCUT2D eigenvalue weighted by Crippen LogP contribution is -2.33. The normalized spacial score (nSPS) is 16.6. The number of fused-ring (bicyclic) bond motifs is 2. The van der Waals surface area contributed by atoms with Gasteiger partial charge in [0, 0.05) is 31.3 Å². The van der Waals surface area contributed by atoms with Crippen LogP contribution in [0, 0.1) is 0 Å². The van der Waals surface area contributed by atoms with Gasteiger partial charge in [0.05, 0.1) is 24.5 Å². The van der Waals surface area contributed by atoms with Gasteiger partial charge in [-0.05, 0) is 23.1 Å². The van der Waals surface area contributed by atoms with Crippen LogP contribution in [0.3, 0.4) is 0 Å². The molecule has 0 bridgehead atoms. The first kappa shape index (κ1) is 14.4. The second kappa shape index (κ2) is 5.81. The lowest BCUT2D eigenvalue weighted by Gasteiger charge is -2.27. The molecule has 0 aliphatic carbocycles. The standard InChI is InChI=1S/C17H20N4O2/c22-11-16(23)15-8-14-10-20(6-7-21(14)19-15)9-13-3-1-2-12-4-5-18-17(12)13/h1-5,8,16,18,22-23H,6-7,9-11H2. The molecule has 0 fully saturated rings. The summed E-state index contributed by atoms with van der Waals surface area (Å²) in [6.45, 7) is 3.09. The Morgan fingerprint density at radius 3 is 3.04 bits per heavy atom. The zero-order valence-corrected chi connectivity index (χ0v) is 12.8. The number of aromatic amines is 1. The van der Waals surface area contributed by atoms with Gasteiger partial charge in [0.2, 0.25) is 0 Å². The molecule has 120 valence electrons. The molecular formula is C17H20N4O2. The van der Waals surface area contributed by atoms with Crippen LogP contribution in [0.25, 0.3) is 10.9 Å². The highest BCUT2D eigenvalue weighted by molar-refractivity contribution is 5.82. The smallest absolute Gasteiger partial charge is 0.121 e. The van der Waals surface area contributed by atoms with E-state index in [9.17, 15) is 5.11 Å². The van der Waals surface area contributed by atoms with Crippen molar-refractivity contribution in [2.24, 2.45) is 0 Å². The third-order valence-corrected chi connectivity index (χ3v) is 4.48. The van der Waals surface area contributed by atoms with Crippen LogP contribution in [-0.4, -0.2) is 43.0 Å². The Morgan fingerprint density at radius 2 is 2.17 bits per heavy atom. The van der Waals surface area contributed by atoms with E-state index in [-0.39, 0.29) is 6.61 Å². The van der Waals surface area contributed by atoms with Gasteiger partial charge in [0.15, 0.2) is 0 Å². The molecule has 1 aromatic carbocycles. The molecule has 1 aliphatic heterocycles. The average molecular weight is 312 g/mol. The van der Waals surface area contributed by atoms with Gasteiger partial charge in [-0.3, -0.25) is 9.58 Å². The highest BCUT2D eigenvalue weighted by Crippen LogP contribution is 2.22. The Balaban J connectivity index is 1.54. The molecule has 1 aliphatic rings. The zero-order valence-electron chi connectivity index (χ0n) is 12.8. The van der Waals surface area contributed by atoms with Crippen LogP contribution >= 0.6 is 0 Å². The molecular weight excluding hydrogens is 292 g/mol. The SMILES string of the molecule is OCC(O)c1cc2n(n1)CCN(Cc1cccc3cc[nH]c13)C2. The van der Waals surface area contributed by atoms with Crippen molar-refractivity contribution in [2.45, 2.75) is 25.7 Å². The van der Waals surface area contributed by atoms with Gasteiger partial charge in [-0.2, -0.15) is 5.10 Å². The van der Waals surface area contributed by atoms with Gasteiger partial charge < -0.3 is 15.2 Å². The number of nitrogens with one attached hydrogen (secondary N) is 1. The largest absolute Gasteiger partial charge is 0.393 e. The maximum absolute atomic E-state index is 9.73. The number of hydrogen-bond donors (Lipinski definition) is 3. The average Bonchev–Trinajstić information content (AvgIpc) is 3.20. The van der Waals surface area contributed by atoms with Crippen LogP contribution in [0.1, 0.15) is 23.1 Å². The summed E-state index contributed by atoms with van der Waals surface area (Å²) < 4.78 is 1.93. The van der Waals surface area contributed by atoms with Crippen molar-refractivity contribution in [3.63, 3.8) is 0 Å². The van der Waals surface area contributed by atoms with Gasteiger partial charge in [-0.15, -0.1) is 0 Å². The fourth-order valence-electron chi connectivity index (χ4n) is 3.26. The number of benzene rings is 1. The zero-order chi connectivity index (χ0) is 15.8. The maximum atomic E-state index is 9.73. The van der Waals surface area contributed by atoms with Crippen molar-refractivity contribution in [1.82, 2.24) is 19.7 Å². The van der Waals surface area contributed by atoms with Gasteiger partial charge in [0.25, 0.3) is 0 Å². The molecule has 3 heterocycles. The minimum Gasteiger partial charge on any atom is -0.393 e. The summed E-state index contributed by atoms with van der Waals surface area (Å²) in [5.41, 5.74) is 4.12. The molecule has 0 saturated carbocycles. The number of rotatable bonds is 4. The number of para-hydroxylation sites is 1. The molecule has 4 rings (SSSR count). The van der Waals surface area contributed by atoms with Gasteiger partial charge in [-0.25, -0.2) is 0 Å². The van der Waals surface area contributed by atoms with E-state index < -0.39 is 6.10 Å². The third kappa shape index (κ3) is 2.65. The number of H-pyrrole nitrogens is 1. The molecule has 0 amide bonds. The number of hydrogen-bond acceptors (Lipinski definition) is 4. The maximum Gasteiger partial charge on any atom is 0.121 e. The van der Waals surface area contributed by atoms with Crippen LogP contribution in [-0.2, 0) is 19.6 Å². The van der Waals surface area contributed by atoms with Gasteiger partial charge in [-0.1, -0.05) is 18.2 Å². The van der Waals surface area contributed by atoms with Crippen molar-refractivity contribution in [1.29, 1.82) is 0 Å². The van der Waals surface area contributed by atoms with Gasteiger partial charge in [0.1, 0.15) is 6.10 Å². The van der Waals surface area contributed by atoms with E-state index in [1.54, 1.807) is 0 Å². The minimum absolute atomic E-state index is 0.297. The monoisotopic (exact) mass is 312 g/mol. The minimum atomic E-state index is -0.894. The van der Waals surface area contributed by atoms with E-state index in [0.717, 1.165) is 31.9 Å². The van der Waals surface area contributed by atoms with E-state index in [1.165, 1.54) is 16.5 Å². The van der Waals surface area contributed by atoms with E-state index in [0.29, 0.717) is 5.69 Å². The molecule has 3 aromatic rings.